The number of rotatable bonds is 12. The molecule has 0 spiro atoms. The molecule has 0 aliphatic carbocycles. The molecular weight excluding hydrogens is 777 g/mol. The number of hydrogen-bond donors (Lipinski definition) is 0. The van der Waals surface area contributed by atoms with Crippen LogP contribution in [-0.2, 0) is 20.4 Å². The Morgan fingerprint density at radius 2 is 0.902 bits per heavy atom. The minimum Gasteiger partial charge on any atom is -0.488 e. The number of ether oxygens (including phenoxy) is 5. The van der Waals surface area contributed by atoms with Crippen molar-refractivity contribution in [2.24, 2.45) is 0 Å². The van der Waals surface area contributed by atoms with Crippen molar-refractivity contribution in [3.8, 4) is 56.4 Å². The molecule has 0 aliphatic rings. The summed E-state index contributed by atoms with van der Waals surface area (Å²) < 4.78 is 30.9. The van der Waals surface area contributed by atoms with Crippen molar-refractivity contribution in [3.63, 3.8) is 0 Å². The minimum absolute atomic E-state index is 0.178. The van der Waals surface area contributed by atoms with Gasteiger partial charge in [-0.15, -0.1) is 0 Å². The van der Waals surface area contributed by atoms with Gasteiger partial charge in [0.1, 0.15) is 45.4 Å². The summed E-state index contributed by atoms with van der Waals surface area (Å²) in [5, 5.41) is 0. The number of carbonyl (C=O) groups excluding carboxylic acids is 1. The van der Waals surface area contributed by atoms with Gasteiger partial charge in [-0.3, -0.25) is 0 Å². The van der Waals surface area contributed by atoms with Crippen LogP contribution in [0.15, 0.2) is 154 Å². The highest BCUT2D eigenvalue weighted by atomic mass is 32.2. The lowest BCUT2D eigenvalue weighted by molar-refractivity contribution is -0.157. The molecule has 0 amide bonds. The molecule has 0 aliphatic heterocycles. The van der Waals surface area contributed by atoms with Crippen LogP contribution in [-0.4, -0.2) is 35.0 Å². The van der Waals surface area contributed by atoms with Crippen molar-refractivity contribution in [3.05, 3.63) is 140 Å². The first kappa shape index (κ1) is 44.9. The number of esters is 1. The van der Waals surface area contributed by atoms with E-state index in [2.05, 4.69) is 172 Å². The van der Waals surface area contributed by atoms with Gasteiger partial charge in [0.25, 0.3) is 0 Å². The standard InChI is InChI=1S/C54H61O6S/c1-51(2,3)57-41-22-16-19-37(33-41)46-31-32-47(61(44-25-14-13-15-26-44)45-29-27-40(28-30-45)56-36-48(55)60-54(10,11)12)50(39-21-18-24-43(35-39)59-53(7,8)9)49(46)38-20-17-23-42(34-38)58-52(4,5)6/h13-35H,36H2,1-12H3/q+1. The molecule has 318 valence electrons. The maximum Gasteiger partial charge on any atom is 0.344 e. The molecule has 0 radical (unpaired) electrons. The lowest BCUT2D eigenvalue weighted by Crippen LogP contribution is -2.27. The van der Waals surface area contributed by atoms with Crippen molar-refractivity contribution in [2.75, 3.05) is 6.61 Å². The van der Waals surface area contributed by atoms with Crippen LogP contribution >= 0.6 is 0 Å². The average molecular weight is 838 g/mol. The van der Waals surface area contributed by atoms with E-state index in [0.29, 0.717) is 5.75 Å². The molecule has 0 saturated heterocycles. The first-order valence-electron chi connectivity index (χ1n) is 20.9. The predicted molar refractivity (Wildman–Crippen MR) is 250 cm³/mol. The molecule has 0 fully saturated rings. The van der Waals surface area contributed by atoms with Gasteiger partial charge < -0.3 is 23.7 Å². The third-order valence-electron chi connectivity index (χ3n) is 8.86. The van der Waals surface area contributed by atoms with E-state index >= 15 is 0 Å². The Morgan fingerprint density at radius 1 is 0.443 bits per heavy atom. The summed E-state index contributed by atoms with van der Waals surface area (Å²) in [4.78, 5) is 15.9. The number of carbonyl (C=O) groups is 1. The average Bonchev–Trinajstić information content (AvgIpc) is 3.15. The zero-order chi connectivity index (χ0) is 44.2. The second-order valence-corrected chi connectivity index (χ2v) is 21.0. The number of hydrogen-bond acceptors (Lipinski definition) is 6. The van der Waals surface area contributed by atoms with Crippen LogP contribution in [0.5, 0.6) is 23.0 Å². The molecule has 7 heteroatoms. The molecule has 0 aromatic heterocycles. The third-order valence-corrected chi connectivity index (χ3v) is 11.1. The van der Waals surface area contributed by atoms with Gasteiger partial charge in [-0.2, -0.15) is 0 Å². The Kier molecular flexibility index (Phi) is 13.3. The van der Waals surface area contributed by atoms with Crippen molar-refractivity contribution < 1.29 is 28.5 Å². The molecule has 6 rings (SSSR count). The first-order valence-corrected chi connectivity index (χ1v) is 22.1. The quantitative estimate of drug-likeness (QED) is 0.0904. The van der Waals surface area contributed by atoms with E-state index in [1.807, 2.05) is 51.1 Å². The van der Waals surface area contributed by atoms with Gasteiger partial charge in [0, 0.05) is 11.1 Å². The van der Waals surface area contributed by atoms with E-state index in [1.165, 1.54) is 0 Å². The highest BCUT2D eigenvalue weighted by molar-refractivity contribution is 7.97. The maximum atomic E-state index is 12.5. The lowest BCUT2D eigenvalue weighted by atomic mass is 9.87. The maximum absolute atomic E-state index is 12.5. The largest absolute Gasteiger partial charge is 0.488 e. The van der Waals surface area contributed by atoms with Gasteiger partial charge in [0.05, 0.1) is 10.9 Å². The Hall–Kier alpha value is -5.66. The Bertz CT molecular complexity index is 2430. The van der Waals surface area contributed by atoms with E-state index in [9.17, 15) is 4.79 Å². The molecule has 6 aromatic rings. The normalized spacial score (nSPS) is 12.7. The van der Waals surface area contributed by atoms with Gasteiger partial charge in [0.2, 0.25) is 0 Å². The molecule has 61 heavy (non-hydrogen) atoms. The summed E-state index contributed by atoms with van der Waals surface area (Å²) in [5.41, 5.74) is 4.48. The summed E-state index contributed by atoms with van der Waals surface area (Å²) >= 11 is 0. The number of benzene rings is 6. The van der Waals surface area contributed by atoms with Crippen LogP contribution in [0.25, 0.3) is 33.4 Å². The first-order chi connectivity index (χ1) is 28.6. The van der Waals surface area contributed by atoms with Crippen molar-refractivity contribution in [1.82, 2.24) is 0 Å². The molecule has 0 saturated carbocycles. The molecule has 6 nitrogen and oxygen atoms in total. The topological polar surface area (TPSA) is 63.2 Å². The van der Waals surface area contributed by atoms with E-state index < -0.39 is 33.7 Å². The van der Waals surface area contributed by atoms with Gasteiger partial charge in [0.15, 0.2) is 21.3 Å². The molecule has 0 N–H and O–H groups in total. The van der Waals surface area contributed by atoms with E-state index in [4.69, 9.17) is 23.7 Å². The van der Waals surface area contributed by atoms with Crippen LogP contribution in [0.4, 0.5) is 0 Å². The SMILES string of the molecule is CC(C)(C)OC(=O)COc1ccc([S+](c2ccccc2)c2ccc(-c3cccc(OC(C)(C)C)c3)c(-c3cccc(OC(C)(C)C)c3)c2-c2cccc(OC(C)(C)C)c2)cc1. The summed E-state index contributed by atoms with van der Waals surface area (Å²) in [5.74, 6) is 2.53. The zero-order valence-electron chi connectivity index (χ0n) is 37.8. The van der Waals surface area contributed by atoms with Gasteiger partial charge in [-0.1, -0.05) is 54.6 Å². The van der Waals surface area contributed by atoms with E-state index in [0.717, 1.165) is 65.3 Å². The summed E-state index contributed by atoms with van der Waals surface area (Å²) in [6.07, 6.45) is 0. The fourth-order valence-corrected chi connectivity index (χ4v) is 9.18. The van der Waals surface area contributed by atoms with Crippen LogP contribution in [0.2, 0.25) is 0 Å². The van der Waals surface area contributed by atoms with Crippen LogP contribution in [0.1, 0.15) is 83.1 Å². The predicted octanol–water partition coefficient (Wildman–Crippen LogP) is 14.0. The van der Waals surface area contributed by atoms with Crippen molar-refractivity contribution >= 4 is 16.9 Å². The van der Waals surface area contributed by atoms with Crippen LogP contribution in [0.3, 0.4) is 0 Å². The highest BCUT2D eigenvalue weighted by Gasteiger charge is 2.35. The van der Waals surface area contributed by atoms with E-state index in [-0.39, 0.29) is 12.2 Å². The van der Waals surface area contributed by atoms with Crippen LogP contribution in [0, 0.1) is 0 Å². The third kappa shape index (κ3) is 12.7. The molecule has 0 bridgehead atoms. The summed E-state index contributed by atoms with van der Waals surface area (Å²) in [6.45, 7) is 24.0. The second-order valence-electron chi connectivity index (χ2n) is 19.1. The Balaban J connectivity index is 1.64. The van der Waals surface area contributed by atoms with E-state index in [1.54, 1.807) is 0 Å². The zero-order valence-corrected chi connectivity index (χ0v) is 38.7. The highest BCUT2D eigenvalue weighted by Crippen LogP contribution is 2.49. The molecule has 1 atom stereocenters. The Morgan fingerprint density at radius 3 is 1.39 bits per heavy atom. The summed E-state index contributed by atoms with van der Waals surface area (Å²) in [7, 11) is -0.618. The summed E-state index contributed by atoms with van der Waals surface area (Å²) in [6, 6.07) is 48.4. The van der Waals surface area contributed by atoms with Gasteiger partial charge >= 0.3 is 5.97 Å². The molecule has 6 aromatic carbocycles. The van der Waals surface area contributed by atoms with Crippen molar-refractivity contribution in [1.29, 1.82) is 0 Å². The fourth-order valence-electron chi connectivity index (χ4n) is 6.93. The smallest absolute Gasteiger partial charge is 0.344 e. The van der Waals surface area contributed by atoms with Crippen LogP contribution < -0.4 is 18.9 Å². The molecular formula is C54H61O6S+. The minimum atomic E-state index is -0.618. The molecule has 1 unspecified atom stereocenters. The molecule has 0 heterocycles. The lowest BCUT2D eigenvalue weighted by Gasteiger charge is -2.25. The monoisotopic (exact) mass is 837 g/mol. The Labute approximate surface area is 366 Å². The van der Waals surface area contributed by atoms with Gasteiger partial charge in [-0.25, -0.2) is 4.79 Å². The fraction of sp³-hybridized carbons (Fsp3) is 0.315. The second kappa shape index (κ2) is 18.1. The van der Waals surface area contributed by atoms with Crippen molar-refractivity contribution in [2.45, 2.75) is 120 Å². The van der Waals surface area contributed by atoms with Gasteiger partial charge in [-0.05, 0) is 190 Å².